The number of hydrogen-bond donors (Lipinski definition) is 1. The van der Waals surface area contributed by atoms with Crippen molar-refractivity contribution in [2.24, 2.45) is 0 Å². The number of hydrogen-bond acceptors (Lipinski definition) is 3. The Labute approximate surface area is 128 Å². The third kappa shape index (κ3) is 4.80. The molecule has 0 aliphatic carbocycles. The summed E-state index contributed by atoms with van der Waals surface area (Å²) in [5.41, 5.74) is 1.44. The van der Waals surface area contributed by atoms with Gasteiger partial charge in [0.25, 0.3) is 0 Å². The van der Waals surface area contributed by atoms with Crippen molar-refractivity contribution >= 4 is 0 Å². The monoisotopic (exact) mass is 288 g/mol. The molecule has 2 aliphatic heterocycles. The fraction of sp³-hybridized carbons (Fsp3) is 0.667. The zero-order valence-electron chi connectivity index (χ0n) is 13.0. The van der Waals surface area contributed by atoms with Gasteiger partial charge >= 0.3 is 0 Å². The van der Waals surface area contributed by atoms with Crippen LogP contribution in [0.25, 0.3) is 0 Å². The van der Waals surface area contributed by atoms with Gasteiger partial charge in [0.05, 0.1) is 6.10 Å². The van der Waals surface area contributed by atoms with Crippen LogP contribution >= 0.6 is 0 Å². The van der Waals surface area contributed by atoms with Crippen LogP contribution in [0.1, 0.15) is 31.2 Å². The predicted octanol–water partition coefficient (Wildman–Crippen LogP) is 2.46. The zero-order valence-corrected chi connectivity index (χ0v) is 13.0. The van der Waals surface area contributed by atoms with Crippen LogP contribution in [0.3, 0.4) is 0 Å². The molecule has 0 aromatic heterocycles. The summed E-state index contributed by atoms with van der Waals surface area (Å²) in [6.07, 6.45) is 6.75. The van der Waals surface area contributed by atoms with E-state index in [0.717, 1.165) is 19.6 Å². The van der Waals surface area contributed by atoms with Gasteiger partial charge in [0, 0.05) is 32.3 Å². The van der Waals surface area contributed by atoms with E-state index in [1.165, 1.54) is 50.9 Å². The smallest absolute Gasteiger partial charge is 0.0576 e. The summed E-state index contributed by atoms with van der Waals surface area (Å²) >= 11 is 0. The normalized spacial score (nSPS) is 27.0. The molecular weight excluding hydrogens is 260 g/mol. The van der Waals surface area contributed by atoms with Gasteiger partial charge in [-0.1, -0.05) is 30.3 Å². The first-order valence-corrected chi connectivity index (χ1v) is 8.51. The summed E-state index contributed by atoms with van der Waals surface area (Å²) in [6.45, 7) is 5.71. The first-order valence-electron chi connectivity index (χ1n) is 8.51. The van der Waals surface area contributed by atoms with E-state index in [-0.39, 0.29) is 0 Å². The summed E-state index contributed by atoms with van der Waals surface area (Å²) < 4.78 is 5.71. The Morgan fingerprint density at radius 2 is 2.14 bits per heavy atom. The number of ether oxygens (including phenoxy) is 1. The minimum atomic E-state index is 0.549. The largest absolute Gasteiger partial charge is 0.378 e. The number of benzene rings is 1. The maximum Gasteiger partial charge on any atom is 0.0576 e. The van der Waals surface area contributed by atoms with Gasteiger partial charge in [-0.3, -0.25) is 0 Å². The molecular formula is C18H28N2O. The highest BCUT2D eigenvalue weighted by Gasteiger charge is 2.20. The Balaban J connectivity index is 1.38. The fourth-order valence-corrected chi connectivity index (χ4v) is 3.55. The Morgan fingerprint density at radius 3 is 2.95 bits per heavy atom. The van der Waals surface area contributed by atoms with E-state index in [2.05, 4.69) is 40.5 Å². The van der Waals surface area contributed by atoms with Crippen molar-refractivity contribution in [3.63, 3.8) is 0 Å². The van der Waals surface area contributed by atoms with Crippen molar-refractivity contribution in [2.75, 3.05) is 32.8 Å². The summed E-state index contributed by atoms with van der Waals surface area (Å²) in [5, 5.41) is 3.66. The molecule has 2 unspecified atom stereocenters. The molecule has 0 amide bonds. The van der Waals surface area contributed by atoms with Gasteiger partial charge in [0.2, 0.25) is 0 Å². The van der Waals surface area contributed by atoms with Crippen molar-refractivity contribution in [2.45, 2.75) is 44.2 Å². The van der Waals surface area contributed by atoms with Crippen molar-refractivity contribution in [1.82, 2.24) is 10.2 Å². The van der Waals surface area contributed by atoms with E-state index in [1.54, 1.807) is 0 Å². The topological polar surface area (TPSA) is 24.5 Å². The molecule has 2 heterocycles. The second-order valence-corrected chi connectivity index (χ2v) is 6.42. The SMILES string of the molecule is c1ccc(CC2CN(CCCC3CCCO3)CCN2)cc1. The van der Waals surface area contributed by atoms with Crippen molar-refractivity contribution < 1.29 is 4.74 Å². The van der Waals surface area contributed by atoms with Crippen LogP contribution in [0.5, 0.6) is 0 Å². The highest BCUT2D eigenvalue weighted by Crippen LogP contribution is 2.17. The second kappa shape index (κ2) is 7.92. The summed E-state index contributed by atoms with van der Waals surface area (Å²) in [6, 6.07) is 11.4. The Kier molecular flexibility index (Phi) is 5.67. The maximum absolute atomic E-state index is 5.71. The van der Waals surface area contributed by atoms with Crippen LogP contribution in [0.15, 0.2) is 30.3 Å². The lowest BCUT2D eigenvalue weighted by Gasteiger charge is -2.34. The van der Waals surface area contributed by atoms with Crippen LogP contribution in [0, 0.1) is 0 Å². The highest BCUT2D eigenvalue weighted by atomic mass is 16.5. The van der Waals surface area contributed by atoms with Crippen LogP contribution < -0.4 is 5.32 Å². The lowest BCUT2D eigenvalue weighted by atomic mass is 10.0. The number of nitrogens with one attached hydrogen (secondary N) is 1. The van der Waals surface area contributed by atoms with Crippen molar-refractivity contribution in [3.05, 3.63) is 35.9 Å². The van der Waals surface area contributed by atoms with Gasteiger partial charge in [-0.15, -0.1) is 0 Å². The van der Waals surface area contributed by atoms with Crippen LogP contribution in [-0.2, 0) is 11.2 Å². The Bertz CT molecular complexity index is 403. The fourth-order valence-electron chi connectivity index (χ4n) is 3.55. The standard InChI is InChI=1S/C18H28N2O/c1-2-6-16(7-3-1)14-17-15-20(12-10-19-17)11-4-8-18-9-5-13-21-18/h1-3,6-7,17-19H,4-5,8-15H2. The van der Waals surface area contributed by atoms with E-state index in [1.807, 2.05) is 0 Å². The molecule has 1 N–H and O–H groups in total. The second-order valence-electron chi connectivity index (χ2n) is 6.42. The molecule has 3 nitrogen and oxygen atoms in total. The lowest BCUT2D eigenvalue weighted by Crippen LogP contribution is -2.51. The van der Waals surface area contributed by atoms with E-state index in [9.17, 15) is 0 Å². The molecule has 3 rings (SSSR count). The molecule has 0 radical (unpaired) electrons. The van der Waals surface area contributed by atoms with Gasteiger partial charge in [0.1, 0.15) is 0 Å². The van der Waals surface area contributed by atoms with Gasteiger partial charge in [0.15, 0.2) is 0 Å². The molecule has 1 aromatic carbocycles. The first-order chi connectivity index (χ1) is 10.4. The van der Waals surface area contributed by atoms with E-state index >= 15 is 0 Å². The zero-order chi connectivity index (χ0) is 14.3. The number of piperazine rings is 1. The van der Waals surface area contributed by atoms with Gasteiger partial charge in [-0.2, -0.15) is 0 Å². The van der Waals surface area contributed by atoms with Gasteiger partial charge < -0.3 is 15.0 Å². The third-order valence-corrected chi connectivity index (χ3v) is 4.69. The molecule has 0 spiro atoms. The molecule has 2 fully saturated rings. The average Bonchev–Trinajstić information content (AvgIpc) is 3.02. The van der Waals surface area contributed by atoms with Crippen LogP contribution in [0.4, 0.5) is 0 Å². The van der Waals surface area contributed by atoms with Gasteiger partial charge in [-0.25, -0.2) is 0 Å². The van der Waals surface area contributed by atoms with Crippen LogP contribution in [0.2, 0.25) is 0 Å². The number of rotatable bonds is 6. The lowest BCUT2D eigenvalue weighted by molar-refractivity contribution is 0.0967. The molecule has 2 saturated heterocycles. The van der Waals surface area contributed by atoms with Crippen molar-refractivity contribution in [1.29, 1.82) is 0 Å². The molecule has 0 saturated carbocycles. The summed E-state index contributed by atoms with van der Waals surface area (Å²) in [7, 11) is 0. The quantitative estimate of drug-likeness (QED) is 0.870. The highest BCUT2D eigenvalue weighted by molar-refractivity contribution is 5.16. The molecule has 3 heteroatoms. The number of nitrogens with zero attached hydrogens (tertiary/aromatic N) is 1. The predicted molar refractivity (Wildman–Crippen MR) is 86.6 cm³/mol. The van der Waals surface area contributed by atoms with E-state index in [4.69, 9.17) is 4.74 Å². The summed E-state index contributed by atoms with van der Waals surface area (Å²) in [5.74, 6) is 0. The Morgan fingerprint density at radius 1 is 1.24 bits per heavy atom. The van der Waals surface area contributed by atoms with E-state index in [0.29, 0.717) is 12.1 Å². The molecule has 21 heavy (non-hydrogen) atoms. The molecule has 2 atom stereocenters. The average molecular weight is 288 g/mol. The first kappa shape index (κ1) is 15.0. The van der Waals surface area contributed by atoms with Crippen molar-refractivity contribution in [3.8, 4) is 0 Å². The van der Waals surface area contributed by atoms with Crippen LogP contribution in [-0.4, -0.2) is 49.8 Å². The summed E-state index contributed by atoms with van der Waals surface area (Å²) in [4.78, 5) is 2.62. The maximum atomic E-state index is 5.71. The minimum absolute atomic E-state index is 0.549. The molecule has 0 bridgehead atoms. The third-order valence-electron chi connectivity index (χ3n) is 4.69. The molecule has 116 valence electrons. The molecule has 1 aromatic rings. The van der Waals surface area contributed by atoms with Gasteiger partial charge in [-0.05, 0) is 44.2 Å². The minimum Gasteiger partial charge on any atom is -0.378 e. The Hall–Kier alpha value is -0.900. The van der Waals surface area contributed by atoms with E-state index < -0.39 is 0 Å². The molecule has 2 aliphatic rings.